The zero-order valence-electron chi connectivity index (χ0n) is 9.67. The van der Waals surface area contributed by atoms with Crippen LogP contribution >= 0.6 is 15.9 Å². The van der Waals surface area contributed by atoms with Gasteiger partial charge in [0.1, 0.15) is 0 Å². The number of benzene rings is 1. The van der Waals surface area contributed by atoms with Crippen LogP contribution in [0, 0.1) is 5.92 Å². The summed E-state index contributed by atoms with van der Waals surface area (Å²) >= 11 is 3.65. The quantitative estimate of drug-likeness (QED) is 0.868. The second-order valence-electron chi connectivity index (χ2n) is 5.34. The van der Waals surface area contributed by atoms with E-state index in [1.165, 1.54) is 41.3 Å². The minimum Gasteiger partial charge on any atom is -0.307 e. The molecule has 1 aromatic carbocycles. The first-order valence-corrected chi connectivity index (χ1v) is 7.06. The van der Waals surface area contributed by atoms with Gasteiger partial charge in [-0.3, -0.25) is 0 Å². The Morgan fingerprint density at radius 3 is 2.88 bits per heavy atom. The average molecular weight is 280 g/mol. The Labute approximate surface area is 106 Å². The van der Waals surface area contributed by atoms with Crippen molar-refractivity contribution < 1.29 is 0 Å². The van der Waals surface area contributed by atoms with E-state index in [1.807, 2.05) is 0 Å². The molecule has 2 aliphatic rings. The Hall–Kier alpha value is -0.340. The van der Waals surface area contributed by atoms with Gasteiger partial charge in [-0.2, -0.15) is 0 Å². The molecule has 2 heteroatoms. The third-order valence-electron chi connectivity index (χ3n) is 4.02. The van der Waals surface area contributed by atoms with Crippen LogP contribution in [-0.2, 0) is 6.42 Å². The van der Waals surface area contributed by atoms with E-state index >= 15 is 0 Å². The maximum Gasteiger partial charge on any atom is 0.0328 e. The normalized spacial score (nSPS) is 32.2. The fourth-order valence-corrected chi connectivity index (χ4v) is 3.69. The third-order valence-corrected chi connectivity index (χ3v) is 4.77. The highest BCUT2D eigenvalue weighted by atomic mass is 79.9. The molecule has 1 fully saturated rings. The summed E-state index contributed by atoms with van der Waals surface area (Å²) < 4.78 is 1.29. The van der Waals surface area contributed by atoms with Gasteiger partial charge in [0.05, 0.1) is 0 Å². The summed E-state index contributed by atoms with van der Waals surface area (Å²) in [6, 6.07) is 7.97. The molecule has 2 aliphatic carbocycles. The topological polar surface area (TPSA) is 12.0 Å². The molecule has 16 heavy (non-hydrogen) atoms. The van der Waals surface area contributed by atoms with E-state index in [9.17, 15) is 0 Å². The monoisotopic (exact) mass is 279 g/mol. The molecular formula is C14H18BrN. The van der Waals surface area contributed by atoms with Crippen LogP contribution in [0.25, 0.3) is 0 Å². The van der Waals surface area contributed by atoms with Crippen LogP contribution < -0.4 is 5.32 Å². The summed E-state index contributed by atoms with van der Waals surface area (Å²) in [6.45, 7) is 2.34. The van der Waals surface area contributed by atoms with Gasteiger partial charge in [0.2, 0.25) is 0 Å². The van der Waals surface area contributed by atoms with Crippen LogP contribution in [0.2, 0.25) is 0 Å². The van der Waals surface area contributed by atoms with Crippen molar-refractivity contribution in [2.24, 2.45) is 5.92 Å². The Morgan fingerprint density at radius 1 is 1.31 bits per heavy atom. The van der Waals surface area contributed by atoms with Crippen LogP contribution in [0.5, 0.6) is 0 Å². The molecule has 0 aromatic heterocycles. The molecule has 1 atom stereocenters. The molecule has 0 aliphatic heterocycles. The second-order valence-corrected chi connectivity index (χ2v) is 6.19. The molecule has 1 saturated carbocycles. The van der Waals surface area contributed by atoms with Gasteiger partial charge in [-0.05, 0) is 48.8 Å². The lowest BCUT2D eigenvalue weighted by Gasteiger charge is -2.36. The van der Waals surface area contributed by atoms with Crippen molar-refractivity contribution in [1.82, 2.24) is 5.32 Å². The fourth-order valence-electron chi connectivity index (χ4n) is 3.11. The zero-order valence-corrected chi connectivity index (χ0v) is 11.3. The van der Waals surface area contributed by atoms with Crippen molar-refractivity contribution >= 4 is 15.9 Å². The summed E-state index contributed by atoms with van der Waals surface area (Å²) in [6.07, 6.45) is 5.21. The van der Waals surface area contributed by atoms with Gasteiger partial charge in [-0.25, -0.2) is 0 Å². The van der Waals surface area contributed by atoms with E-state index in [1.54, 1.807) is 0 Å². The molecule has 0 radical (unpaired) electrons. The van der Waals surface area contributed by atoms with Gasteiger partial charge in [-0.1, -0.05) is 35.0 Å². The molecule has 0 heterocycles. The average Bonchev–Trinajstić information content (AvgIpc) is 2.61. The standard InChI is InChI=1S/C14H18BrN/c1-9-7-10(8-9)16-14-6-5-11-12(14)3-2-4-13(11)15/h2-4,9-10,14,16H,5-8H2,1H3. The zero-order chi connectivity index (χ0) is 11.1. The Bertz CT molecular complexity index is 396. The van der Waals surface area contributed by atoms with Crippen LogP contribution in [0.15, 0.2) is 22.7 Å². The highest BCUT2D eigenvalue weighted by Crippen LogP contribution is 2.38. The van der Waals surface area contributed by atoms with Crippen LogP contribution in [-0.4, -0.2) is 6.04 Å². The van der Waals surface area contributed by atoms with Gasteiger partial charge in [0, 0.05) is 16.6 Å². The van der Waals surface area contributed by atoms with Crippen molar-refractivity contribution in [2.75, 3.05) is 0 Å². The maximum atomic E-state index is 3.81. The van der Waals surface area contributed by atoms with Crippen LogP contribution in [0.3, 0.4) is 0 Å². The molecular weight excluding hydrogens is 262 g/mol. The molecule has 1 N–H and O–H groups in total. The van der Waals surface area contributed by atoms with E-state index in [-0.39, 0.29) is 0 Å². The minimum atomic E-state index is 0.602. The summed E-state index contributed by atoms with van der Waals surface area (Å²) in [5.41, 5.74) is 3.04. The third kappa shape index (κ3) is 1.82. The first-order valence-electron chi connectivity index (χ1n) is 6.27. The highest BCUT2D eigenvalue weighted by Gasteiger charge is 2.30. The van der Waals surface area contributed by atoms with Crippen molar-refractivity contribution in [3.8, 4) is 0 Å². The number of rotatable bonds is 2. The van der Waals surface area contributed by atoms with Gasteiger partial charge in [-0.15, -0.1) is 0 Å². The molecule has 3 rings (SSSR count). The summed E-state index contributed by atoms with van der Waals surface area (Å²) in [5.74, 6) is 0.931. The van der Waals surface area contributed by atoms with Gasteiger partial charge < -0.3 is 5.32 Å². The summed E-state index contributed by atoms with van der Waals surface area (Å²) in [7, 11) is 0. The summed E-state index contributed by atoms with van der Waals surface area (Å²) in [4.78, 5) is 0. The first-order chi connectivity index (χ1) is 7.74. The van der Waals surface area contributed by atoms with E-state index in [2.05, 4.69) is 46.4 Å². The molecule has 1 unspecified atom stereocenters. The van der Waals surface area contributed by atoms with Gasteiger partial charge in [0.25, 0.3) is 0 Å². The first kappa shape index (κ1) is 10.8. The molecule has 0 bridgehead atoms. The molecule has 0 saturated heterocycles. The van der Waals surface area contributed by atoms with Crippen LogP contribution in [0.1, 0.15) is 43.4 Å². The molecule has 1 aromatic rings. The lowest BCUT2D eigenvalue weighted by molar-refractivity contribution is 0.222. The SMILES string of the molecule is CC1CC(NC2CCc3c(Br)cccc32)C1. The van der Waals surface area contributed by atoms with Gasteiger partial charge in [0.15, 0.2) is 0 Å². The largest absolute Gasteiger partial charge is 0.307 e. The maximum absolute atomic E-state index is 3.81. The van der Waals surface area contributed by atoms with Crippen molar-refractivity contribution in [2.45, 2.75) is 44.7 Å². The number of nitrogens with one attached hydrogen (secondary N) is 1. The Kier molecular flexibility index (Phi) is 2.80. The van der Waals surface area contributed by atoms with E-state index < -0.39 is 0 Å². The fraction of sp³-hybridized carbons (Fsp3) is 0.571. The van der Waals surface area contributed by atoms with Gasteiger partial charge >= 0.3 is 0 Å². The van der Waals surface area contributed by atoms with E-state index in [0.717, 1.165) is 12.0 Å². The predicted octanol–water partition coefficient (Wildman–Crippen LogP) is 3.82. The predicted molar refractivity (Wildman–Crippen MR) is 70.5 cm³/mol. The lowest BCUT2D eigenvalue weighted by atomic mass is 9.81. The molecule has 1 nitrogen and oxygen atoms in total. The number of halogens is 1. The smallest absolute Gasteiger partial charge is 0.0328 e. The molecule has 0 spiro atoms. The second kappa shape index (κ2) is 4.15. The summed E-state index contributed by atoms with van der Waals surface area (Å²) in [5, 5.41) is 3.81. The Morgan fingerprint density at radius 2 is 2.12 bits per heavy atom. The highest BCUT2D eigenvalue weighted by molar-refractivity contribution is 9.10. The van der Waals surface area contributed by atoms with Crippen molar-refractivity contribution in [1.29, 1.82) is 0 Å². The molecule has 0 amide bonds. The number of hydrogen-bond acceptors (Lipinski definition) is 1. The molecule has 86 valence electrons. The lowest BCUT2D eigenvalue weighted by Crippen LogP contribution is -2.41. The van der Waals surface area contributed by atoms with E-state index in [0.29, 0.717) is 6.04 Å². The minimum absolute atomic E-state index is 0.602. The Balaban J connectivity index is 1.74. The van der Waals surface area contributed by atoms with Crippen molar-refractivity contribution in [3.05, 3.63) is 33.8 Å². The van der Waals surface area contributed by atoms with E-state index in [4.69, 9.17) is 0 Å². The number of hydrogen-bond donors (Lipinski definition) is 1. The van der Waals surface area contributed by atoms with Crippen molar-refractivity contribution in [3.63, 3.8) is 0 Å². The van der Waals surface area contributed by atoms with Crippen LogP contribution in [0.4, 0.5) is 0 Å². The number of fused-ring (bicyclic) bond motifs is 1.